The van der Waals surface area contributed by atoms with Crippen LogP contribution in [0.2, 0.25) is 5.02 Å². The summed E-state index contributed by atoms with van der Waals surface area (Å²) in [5.41, 5.74) is 1.04. The van der Waals surface area contributed by atoms with Gasteiger partial charge in [-0.1, -0.05) is 11.6 Å². The van der Waals surface area contributed by atoms with E-state index in [1.807, 2.05) is 12.1 Å². The normalized spacial score (nSPS) is 14.6. The molecule has 1 N–H and O–H groups in total. The molecule has 0 aromatic heterocycles. The van der Waals surface area contributed by atoms with Crippen LogP contribution >= 0.6 is 23.8 Å². The molecule has 0 amide bonds. The van der Waals surface area contributed by atoms with Gasteiger partial charge in [0.05, 0.1) is 0 Å². The standard InChI is InChI=1S/C8H6ClNOS/c9-6-1-2-7-5(3-6)4-10-8(12)11-7/h1-3H,4H2,(H,10,12). The minimum atomic E-state index is 0.421. The van der Waals surface area contributed by atoms with E-state index in [-0.39, 0.29) is 0 Å². The fraction of sp³-hybridized carbons (Fsp3) is 0.125. The third-order valence-corrected chi connectivity index (χ3v) is 2.11. The Labute approximate surface area is 80.5 Å². The van der Waals surface area contributed by atoms with Crippen LogP contribution in [0, 0.1) is 0 Å². The van der Waals surface area contributed by atoms with Crippen molar-refractivity contribution in [2.45, 2.75) is 6.54 Å². The molecule has 12 heavy (non-hydrogen) atoms. The summed E-state index contributed by atoms with van der Waals surface area (Å²) in [5, 5.41) is 4.05. The van der Waals surface area contributed by atoms with Crippen LogP contribution in [0.4, 0.5) is 0 Å². The largest absolute Gasteiger partial charge is 0.432 e. The quantitative estimate of drug-likeness (QED) is 0.647. The summed E-state index contributed by atoms with van der Waals surface area (Å²) >= 11 is 10.6. The van der Waals surface area contributed by atoms with Gasteiger partial charge in [0, 0.05) is 17.1 Å². The molecule has 2 nitrogen and oxygen atoms in total. The van der Waals surface area contributed by atoms with Crippen molar-refractivity contribution in [3.8, 4) is 5.75 Å². The van der Waals surface area contributed by atoms with Crippen molar-refractivity contribution < 1.29 is 4.74 Å². The molecule has 62 valence electrons. The molecule has 0 atom stereocenters. The molecule has 0 radical (unpaired) electrons. The Morgan fingerprint density at radius 3 is 3.17 bits per heavy atom. The van der Waals surface area contributed by atoms with Crippen LogP contribution in [0.5, 0.6) is 5.75 Å². The number of fused-ring (bicyclic) bond motifs is 1. The predicted octanol–water partition coefficient (Wildman–Crippen LogP) is 2.11. The molecule has 1 aromatic carbocycles. The summed E-state index contributed by atoms with van der Waals surface area (Å²) in [5.74, 6) is 0.795. The molecule has 0 bridgehead atoms. The third kappa shape index (κ3) is 1.38. The van der Waals surface area contributed by atoms with Gasteiger partial charge in [-0.25, -0.2) is 0 Å². The minimum Gasteiger partial charge on any atom is -0.432 e. The van der Waals surface area contributed by atoms with Crippen molar-refractivity contribution in [3.05, 3.63) is 28.8 Å². The Kier molecular flexibility index (Phi) is 1.90. The number of nitrogens with one attached hydrogen (secondary N) is 1. The van der Waals surface area contributed by atoms with Gasteiger partial charge in [0.2, 0.25) is 0 Å². The van der Waals surface area contributed by atoms with Gasteiger partial charge < -0.3 is 10.1 Å². The lowest BCUT2D eigenvalue weighted by Gasteiger charge is -2.18. The zero-order valence-electron chi connectivity index (χ0n) is 6.13. The number of hydrogen-bond acceptors (Lipinski definition) is 2. The van der Waals surface area contributed by atoms with Gasteiger partial charge >= 0.3 is 0 Å². The van der Waals surface area contributed by atoms with Gasteiger partial charge in [-0.15, -0.1) is 0 Å². The van der Waals surface area contributed by atoms with Crippen molar-refractivity contribution in [1.29, 1.82) is 0 Å². The van der Waals surface area contributed by atoms with Gasteiger partial charge in [-0.2, -0.15) is 0 Å². The molecule has 1 aliphatic heterocycles. The second kappa shape index (κ2) is 2.92. The number of rotatable bonds is 0. The molecule has 4 heteroatoms. The van der Waals surface area contributed by atoms with E-state index in [0.717, 1.165) is 11.3 Å². The molecule has 1 heterocycles. The summed E-state index contributed by atoms with van der Waals surface area (Å²) in [6.07, 6.45) is 0. The molecule has 0 aliphatic carbocycles. The van der Waals surface area contributed by atoms with E-state index in [2.05, 4.69) is 5.32 Å². The molecule has 0 saturated heterocycles. The Bertz CT molecular complexity index is 340. The lowest BCUT2D eigenvalue weighted by Crippen LogP contribution is -2.30. The summed E-state index contributed by atoms with van der Waals surface area (Å²) in [6.45, 7) is 0.689. The van der Waals surface area contributed by atoms with Crippen LogP contribution in [0.15, 0.2) is 18.2 Å². The maximum atomic E-state index is 5.80. The van der Waals surface area contributed by atoms with E-state index < -0.39 is 0 Å². The number of benzene rings is 1. The Hall–Kier alpha value is -0.800. The van der Waals surface area contributed by atoms with Gasteiger partial charge in [-0.05, 0) is 30.4 Å². The van der Waals surface area contributed by atoms with E-state index in [0.29, 0.717) is 16.7 Å². The smallest absolute Gasteiger partial charge is 0.262 e. The van der Waals surface area contributed by atoms with Gasteiger partial charge in [0.15, 0.2) is 0 Å². The highest BCUT2D eigenvalue weighted by atomic mass is 35.5. The first-order chi connectivity index (χ1) is 5.75. The number of ether oxygens (including phenoxy) is 1. The van der Waals surface area contributed by atoms with Crippen LogP contribution in [0.25, 0.3) is 0 Å². The molecule has 1 aromatic rings. The first-order valence-corrected chi connectivity index (χ1v) is 4.28. The van der Waals surface area contributed by atoms with E-state index in [9.17, 15) is 0 Å². The third-order valence-electron chi connectivity index (χ3n) is 1.65. The van der Waals surface area contributed by atoms with E-state index in [4.69, 9.17) is 28.6 Å². The molecule has 0 spiro atoms. The summed E-state index contributed by atoms with van der Waals surface area (Å²) in [4.78, 5) is 0. The summed E-state index contributed by atoms with van der Waals surface area (Å²) in [6, 6.07) is 5.48. The number of halogens is 1. The summed E-state index contributed by atoms with van der Waals surface area (Å²) in [7, 11) is 0. The average molecular weight is 200 g/mol. The van der Waals surface area contributed by atoms with E-state index in [1.165, 1.54) is 0 Å². The highest BCUT2D eigenvalue weighted by molar-refractivity contribution is 7.80. The fourth-order valence-corrected chi connectivity index (χ4v) is 1.45. The Balaban J connectivity index is 2.43. The molecular weight excluding hydrogens is 194 g/mol. The van der Waals surface area contributed by atoms with Crippen LogP contribution in [-0.4, -0.2) is 5.17 Å². The van der Waals surface area contributed by atoms with Crippen LogP contribution < -0.4 is 10.1 Å². The van der Waals surface area contributed by atoms with Gasteiger partial charge in [-0.3, -0.25) is 0 Å². The van der Waals surface area contributed by atoms with Crippen LogP contribution in [-0.2, 0) is 6.54 Å². The van der Waals surface area contributed by atoms with E-state index >= 15 is 0 Å². The van der Waals surface area contributed by atoms with Crippen molar-refractivity contribution in [3.63, 3.8) is 0 Å². The highest BCUT2D eigenvalue weighted by Gasteiger charge is 2.12. The van der Waals surface area contributed by atoms with Crippen molar-refractivity contribution >= 4 is 29.0 Å². The first-order valence-electron chi connectivity index (χ1n) is 3.50. The first kappa shape index (κ1) is 7.83. The zero-order valence-corrected chi connectivity index (χ0v) is 7.71. The highest BCUT2D eigenvalue weighted by Crippen LogP contribution is 2.24. The Morgan fingerprint density at radius 1 is 1.50 bits per heavy atom. The van der Waals surface area contributed by atoms with Gasteiger partial charge in [0.25, 0.3) is 5.17 Å². The minimum absolute atomic E-state index is 0.421. The lowest BCUT2D eigenvalue weighted by atomic mass is 10.2. The molecule has 0 saturated carbocycles. The SMILES string of the molecule is S=C1NCc2cc(Cl)ccc2O1. The monoisotopic (exact) mass is 199 g/mol. The topological polar surface area (TPSA) is 21.3 Å². The average Bonchev–Trinajstić information content (AvgIpc) is 2.05. The van der Waals surface area contributed by atoms with E-state index in [1.54, 1.807) is 6.07 Å². The zero-order chi connectivity index (χ0) is 8.55. The van der Waals surface area contributed by atoms with Crippen molar-refractivity contribution in [2.24, 2.45) is 0 Å². The lowest BCUT2D eigenvalue weighted by molar-refractivity contribution is 0.498. The molecular formula is C8H6ClNOS. The maximum absolute atomic E-state index is 5.80. The number of thiocarbonyl (C=S) groups is 1. The number of hydrogen-bond donors (Lipinski definition) is 1. The second-order valence-electron chi connectivity index (χ2n) is 2.50. The van der Waals surface area contributed by atoms with Crippen LogP contribution in [0.1, 0.15) is 5.56 Å². The van der Waals surface area contributed by atoms with Crippen LogP contribution in [0.3, 0.4) is 0 Å². The fourth-order valence-electron chi connectivity index (χ4n) is 1.09. The van der Waals surface area contributed by atoms with Crippen molar-refractivity contribution in [2.75, 3.05) is 0 Å². The molecule has 0 unspecified atom stereocenters. The summed E-state index contributed by atoms with van der Waals surface area (Å²) < 4.78 is 5.25. The Morgan fingerprint density at radius 2 is 2.33 bits per heavy atom. The predicted molar refractivity (Wildman–Crippen MR) is 51.5 cm³/mol. The molecule has 2 rings (SSSR count). The molecule has 1 aliphatic rings. The molecule has 0 fully saturated rings. The maximum Gasteiger partial charge on any atom is 0.262 e. The van der Waals surface area contributed by atoms with Crippen molar-refractivity contribution in [1.82, 2.24) is 5.32 Å². The van der Waals surface area contributed by atoms with Gasteiger partial charge in [0.1, 0.15) is 5.75 Å². The second-order valence-corrected chi connectivity index (χ2v) is 3.30.